The molecular weight excluding hydrogens is 282 g/mol. The highest BCUT2D eigenvalue weighted by Gasteiger charge is 2.30. The van der Waals surface area contributed by atoms with Crippen molar-refractivity contribution in [1.29, 1.82) is 0 Å². The molecule has 1 saturated heterocycles. The van der Waals surface area contributed by atoms with Crippen LogP contribution in [0.4, 0.5) is 0 Å². The van der Waals surface area contributed by atoms with Crippen molar-refractivity contribution in [2.45, 2.75) is 19.4 Å². The fraction of sp³-hybridized carbons (Fsp3) is 0.583. The van der Waals surface area contributed by atoms with Crippen LogP contribution in [0.15, 0.2) is 18.3 Å². The van der Waals surface area contributed by atoms with Crippen LogP contribution in [0, 0.1) is 5.92 Å². The van der Waals surface area contributed by atoms with Crippen LogP contribution in [0.3, 0.4) is 0 Å². The van der Waals surface area contributed by atoms with E-state index in [9.17, 15) is 13.2 Å². The number of aromatic nitrogens is 1. The van der Waals surface area contributed by atoms with Crippen molar-refractivity contribution in [3.05, 3.63) is 24.0 Å². The molecule has 0 spiro atoms. The largest absolute Gasteiger partial charge is 0.481 e. The summed E-state index contributed by atoms with van der Waals surface area (Å²) in [5.74, 6) is -1.28. The van der Waals surface area contributed by atoms with Crippen molar-refractivity contribution in [3.63, 3.8) is 0 Å². The molecule has 2 N–H and O–H groups in total. The molecule has 8 heteroatoms. The molecule has 0 radical (unpaired) electrons. The number of hydrogen-bond donors (Lipinski definition) is 2. The van der Waals surface area contributed by atoms with Gasteiger partial charge in [0.1, 0.15) is 0 Å². The molecule has 0 aliphatic carbocycles. The maximum Gasteiger partial charge on any atom is 0.306 e. The molecular formula is C12H19N3O4S. The molecule has 112 valence electrons. The van der Waals surface area contributed by atoms with Gasteiger partial charge < -0.3 is 9.67 Å². The average Bonchev–Trinajstić information content (AvgIpc) is 2.82. The Morgan fingerprint density at radius 1 is 1.45 bits per heavy atom. The number of carboxylic acid groups (broad SMARTS) is 1. The summed E-state index contributed by atoms with van der Waals surface area (Å²) >= 11 is 0. The lowest BCUT2D eigenvalue weighted by Crippen LogP contribution is -2.45. The summed E-state index contributed by atoms with van der Waals surface area (Å²) in [4.78, 5) is 10.8. The molecule has 0 atom stereocenters. The van der Waals surface area contributed by atoms with Crippen LogP contribution in [0.1, 0.15) is 18.5 Å². The molecule has 0 aromatic carbocycles. The van der Waals surface area contributed by atoms with Gasteiger partial charge in [0.25, 0.3) is 10.2 Å². The lowest BCUT2D eigenvalue weighted by atomic mass is 9.99. The topological polar surface area (TPSA) is 91.6 Å². The van der Waals surface area contributed by atoms with Crippen LogP contribution < -0.4 is 4.72 Å². The second-order valence-electron chi connectivity index (χ2n) is 4.95. The number of carboxylic acids is 1. The van der Waals surface area contributed by atoms with Crippen LogP contribution in [-0.2, 0) is 28.6 Å². The van der Waals surface area contributed by atoms with Gasteiger partial charge in [-0.3, -0.25) is 4.79 Å². The van der Waals surface area contributed by atoms with E-state index in [2.05, 4.69) is 4.72 Å². The molecule has 1 aromatic heterocycles. The Morgan fingerprint density at radius 2 is 2.10 bits per heavy atom. The number of carbonyl (C=O) groups is 1. The molecule has 0 amide bonds. The Labute approximate surface area is 118 Å². The third-order valence-corrected chi connectivity index (χ3v) is 5.18. The summed E-state index contributed by atoms with van der Waals surface area (Å²) in [5, 5.41) is 8.90. The molecule has 0 saturated carbocycles. The van der Waals surface area contributed by atoms with Crippen LogP contribution in [0.5, 0.6) is 0 Å². The minimum atomic E-state index is -3.55. The first-order valence-corrected chi connectivity index (χ1v) is 7.92. The molecule has 1 fully saturated rings. The summed E-state index contributed by atoms with van der Waals surface area (Å²) in [7, 11) is -1.70. The Kier molecular flexibility index (Phi) is 4.46. The molecule has 2 heterocycles. The Morgan fingerprint density at radius 3 is 2.60 bits per heavy atom. The first-order valence-electron chi connectivity index (χ1n) is 6.48. The van der Waals surface area contributed by atoms with Gasteiger partial charge in [-0.2, -0.15) is 17.4 Å². The average molecular weight is 301 g/mol. The van der Waals surface area contributed by atoms with Gasteiger partial charge in [0.05, 0.1) is 12.5 Å². The van der Waals surface area contributed by atoms with E-state index in [4.69, 9.17) is 5.11 Å². The van der Waals surface area contributed by atoms with Crippen molar-refractivity contribution in [1.82, 2.24) is 13.6 Å². The molecule has 1 aliphatic rings. The van der Waals surface area contributed by atoms with Crippen molar-refractivity contribution < 1.29 is 18.3 Å². The third kappa shape index (κ3) is 3.38. The van der Waals surface area contributed by atoms with Gasteiger partial charge in [0.15, 0.2) is 0 Å². The minimum Gasteiger partial charge on any atom is -0.481 e. The van der Waals surface area contributed by atoms with Gasteiger partial charge in [-0.05, 0) is 25.0 Å². The van der Waals surface area contributed by atoms with Crippen LogP contribution in [-0.4, -0.2) is 41.5 Å². The summed E-state index contributed by atoms with van der Waals surface area (Å²) in [6, 6.07) is 3.70. The first-order chi connectivity index (χ1) is 9.40. The van der Waals surface area contributed by atoms with E-state index in [0.717, 1.165) is 5.69 Å². The highest BCUT2D eigenvalue weighted by molar-refractivity contribution is 7.87. The Hall–Kier alpha value is -1.38. The smallest absolute Gasteiger partial charge is 0.306 e. The lowest BCUT2D eigenvalue weighted by Gasteiger charge is -2.29. The van der Waals surface area contributed by atoms with E-state index < -0.39 is 22.1 Å². The van der Waals surface area contributed by atoms with Crippen molar-refractivity contribution in [2.24, 2.45) is 13.0 Å². The van der Waals surface area contributed by atoms with Crippen LogP contribution in [0.25, 0.3) is 0 Å². The number of aliphatic carboxylic acids is 1. The summed E-state index contributed by atoms with van der Waals surface area (Å²) in [5.41, 5.74) is 0.869. The van der Waals surface area contributed by atoms with Gasteiger partial charge in [-0.25, -0.2) is 0 Å². The molecule has 7 nitrogen and oxygen atoms in total. The van der Waals surface area contributed by atoms with E-state index in [-0.39, 0.29) is 19.6 Å². The van der Waals surface area contributed by atoms with E-state index >= 15 is 0 Å². The molecule has 0 unspecified atom stereocenters. The zero-order chi connectivity index (χ0) is 14.8. The van der Waals surface area contributed by atoms with Gasteiger partial charge in [-0.1, -0.05) is 0 Å². The van der Waals surface area contributed by atoms with Crippen LogP contribution in [0.2, 0.25) is 0 Å². The van der Waals surface area contributed by atoms with Gasteiger partial charge in [0.2, 0.25) is 0 Å². The number of aryl methyl sites for hydroxylation is 1. The fourth-order valence-electron chi connectivity index (χ4n) is 2.28. The highest BCUT2D eigenvalue weighted by Crippen LogP contribution is 2.19. The highest BCUT2D eigenvalue weighted by atomic mass is 32.2. The standard InChI is InChI=1S/C12H19N3O4S/c1-14-6-2-3-11(14)9-13-20(18,19)15-7-4-10(5-8-15)12(16)17/h2-3,6,10,13H,4-5,7-9H2,1H3,(H,16,17). The lowest BCUT2D eigenvalue weighted by molar-refractivity contribution is -0.142. The van der Waals surface area contributed by atoms with Crippen molar-refractivity contribution in [2.75, 3.05) is 13.1 Å². The van der Waals surface area contributed by atoms with E-state index in [1.54, 1.807) is 0 Å². The SMILES string of the molecule is Cn1cccc1CNS(=O)(=O)N1CCC(C(=O)O)CC1. The zero-order valence-electron chi connectivity index (χ0n) is 11.3. The number of nitrogens with zero attached hydrogens (tertiary/aromatic N) is 2. The molecule has 2 rings (SSSR count). The van der Waals surface area contributed by atoms with E-state index in [1.807, 2.05) is 29.9 Å². The summed E-state index contributed by atoms with van der Waals surface area (Å²) in [6.07, 6.45) is 2.57. The van der Waals surface area contributed by atoms with Crippen LogP contribution >= 0.6 is 0 Å². The van der Waals surface area contributed by atoms with Gasteiger partial charge in [0, 0.05) is 32.0 Å². The monoisotopic (exact) mass is 301 g/mol. The predicted octanol–water partition coefficient (Wildman–Crippen LogP) is 0.156. The maximum atomic E-state index is 12.1. The van der Waals surface area contributed by atoms with Crippen molar-refractivity contribution >= 4 is 16.2 Å². The van der Waals surface area contributed by atoms with E-state index in [1.165, 1.54) is 4.31 Å². The normalized spacial score (nSPS) is 18.2. The summed E-state index contributed by atoms with van der Waals surface area (Å²) < 4.78 is 30.0. The third-order valence-electron chi connectivity index (χ3n) is 3.63. The van der Waals surface area contributed by atoms with Gasteiger partial charge in [-0.15, -0.1) is 0 Å². The molecule has 20 heavy (non-hydrogen) atoms. The Balaban J connectivity index is 1.91. The van der Waals surface area contributed by atoms with Gasteiger partial charge >= 0.3 is 5.97 Å². The Bertz CT molecular complexity index is 573. The maximum absolute atomic E-state index is 12.1. The second kappa shape index (κ2) is 5.94. The summed E-state index contributed by atoms with van der Waals surface area (Å²) in [6.45, 7) is 0.726. The fourth-order valence-corrected chi connectivity index (χ4v) is 3.48. The first kappa shape index (κ1) is 15.0. The number of nitrogens with one attached hydrogen (secondary N) is 1. The minimum absolute atomic E-state index is 0.227. The number of hydrogen-bond acceptors (Lipinski definition) is 3. The number of rotatable bonds is 5. The molecule has 0 bridgehead atoms. The predicted molar refractivity (Wildman–Crippen MR) is 73.1 cm³/mol. The number of piperidine rings is 1. The molecule has 1 aliphatic heterocycles. The zero-order valence-corrected chi connectivity index (χ0v) is 12.1. The second-order valence-corrected chi connectivity index (χ2v) is 6.70. The van der Waals surface area contributed by atoms with E-state index in [0.29, 0.717) is 12.8 Å². The molecule has 1 aromatic rings. The quantitative estimate of drug-likeness (QED) is 0.810. The van der Waals surface area contributed by atoms with Crippen molar-refractivity contribution in [3.8, 4) is 0 Å².